The molecule has 0 heterocycles. The van der Waals surface area contributed by atoms with Crippen LogP contribution in [0.5, 0.6) is 0 Å². The third kappa shape index (κ3) is 4.32. The molecule has 0 bridgehead atoms. The summed E-state index contributed by atoms with van der Waals surface area (Å²) in [5.41, 5.74) is 1.23. The second-order valence-corrected chi connectivity index (χ2v) is 4.57. The van der Waals surface area contributed by atoms with Gasteiger partial charge in [-0.1, -0.05) is 32.1 Å². The van der Waals surface area contributed by atoms with Crippen molar-refractivity contribution in [3.05, 3.63) is 23.8 Å². The summed E-state index contributed by atoms with van der Waals surface area (Å²) in [6.45, 7) is 6.16. The van der Waals surface area contributed by atoms with Gasteiger partial charge in [0.1, 0.15) is 0 Å². The van der Waals surface area contributed by atoms with Crippen LogP contribution in [-0.2, 0) is 4.79 Å². The lowest BCUT2D eigenvalue weighted by molar-refractivity contribution is -0.122. The number of hydrogen-bond donors (Lipinski definition) is 1. The molecule has 0 fully saturated rings. The van der Waals surface area contributed by atoms with E-state index in [0.717, 1.165) is 12.8 Å². The van der Waals surface area contributed by atoms with Crippen molar-refractivity contribution in [2.45, 2.75) is 46.1 Å². The smallest absolute Gasteiger partial charge is 0.220 e. The minimum Gasteiger partial charge on any atom is -0.350 e. The maximum atomic E-state index is 11.5. The molecule has 0 saturated heterocycles. The van der Waals surface area contributed by atoms with E-state index in [9.17, 15) is 4.79 Å². The summed E-state index contributed by atoms with van der Waals surface area (Å²) in [4.78, 5) is 11.5. The molecule has 0 aromatic heterocycles. The first-order chi connectivity index (χ1) is 7.09. The molecule has 0 saturated carbocycles. The van der Waals surface area contributed by atoms with Crippen LogP contribution in [0.4, 0.5) is 0 Å². The summed E-state index contributed by atoms with van der Waals surface area (Å²) in [5, 5.41) is 3.02. The van der Waals surface area contributed by atoms with Crippen LogP contribution in [0, 0.1) is 5.92 Å². The maximum Gasteiger partial charge on any atom is 0.220 e. The third-order valence-electron chi connectivity index (χ3n) is 2.49. The molecule has 15 heavy (non-hydrogen) atoms. The molecule has 1 rings (SSSR count). The van der Waals surface area contributed by atoms with Gasteiger partial charge in [-0.3, -0.25) is 4.79 Å². The number of carbonyl (C=O) groups is 1. The summed E-state index contributed by atoms with van der Waals surface area (Å²) < 4.78 is 0. The standard InChI is InChI=1S/C13H21NO.H2/c1-10(2)9-13(15)14-11(3)12-7-5-4-6-8-12;/h5,7-8,10-11H,4,6,9H2,1-3H3,(H,14,15);1H. The Morgan fingerprint density at radius 1 is 1.47 bits per heavy atom. The molecule has 1 atom stereocenters. The van der Waals surface area contributed by atoms with Gasteiger partial charge in [-0.2, -0.15) is 0 Å². The Labute approximate surface area is 93.9 Å². The Kier molecular flexibility index (Phi) is 4.60. The van der Waals surface area contributed by atoms with Crippen molar-refractivity contribution in [3.8, 4) is 0 Å². The number of hydrogen-bond acceptors (Lipinski definition) is 1. The topological polar surface area (TPSA) is 29.1 Å². The predicted octanol–water partition coefficient (Wildman–Crippen LogP) is 3.06. The van der Waals surface area contributed by atoms with Crippen molar-refractivity contribution in [1.29, 1.82) is 0 Å². The van der Waals surface area contributed by atoms with E-state index >= 15 is 0 Å². The quantitative estimate of drug-likeness (QED) is 0.757. The van der Waals surface area contributed by atoms with Gasteiger partial charge in [0.2, 0.25) is 5.91 Å². The van der Waals surface area contributed by atoms with Gasteiger partial charge in [-0.05, 0) is 31.3 Å². The summed E-state index contributed by atoms with van der Waals surface area (Å²) >= 11 is 0. The lowest BCUT2D eigenvalue weighted by Gasteiger charge is -2.18. The second kappa shape index (κ2) is 5.74. The van der Waals surface area contributed by atoms with E-state index in [4.69, 9.17) is 0 Å². The molecule has 0 aliphatic heterocycles. The van der Waals surface area contributed by atoms with Crippen molar-refractivity contribution in [1.82, 2.24) is 5.32 Å². The molecule has 2 heteroatoms. The van der Waals surface area contributed by atoms with Gasteiger partial charge in [0.05, 0.1) is 6.04 Å². The third-order valence-corrected chi connectivity index (χ3v) is 2.49. The van der Waals surface area contributed by atoms with Crippen LogP contribution in [0.25, 0.3) is 0 Å². The molecule has 1 aliphatic rings. The van der Waals surface area contributed by atoms with Crippen LogP contribution in [0.15, 0.2) is 23.8 Å². The average molecular weight is 209 g/mol. The van der Waals surface area contributed by atoms with Crippen LogP contribution in [-0.4, -0.2) is 11.9 Å². The summed E-state index contributed by atoms with van der Waals surface area (Å²) in [5.74, 6) is 0.574. The lowest BCUT2D eigenvalue weighted by Crippen LogP contribution is -2.34. The van der Waals surface area contributed by atoms with E-state index in [1.807, 2.05) is 6.92 Å². The molecular formula is C13H23NO. The second-order valence-electron chi connectivity index (χ2n) is 4.57. The summed E-state index contributed by atoms with van der Waals surface area (Å²) in [6.07, 6.45) is 9.32. The normalized spacial score (nSPS) is 17.5. The highest BCUT2D eigenvalue weighted by Crippen LogP contribution is 2.13. The fourth-order valence-corrected chi connectivity index (χ4v) is 1.71. The zero-order valence-corrected chi connectivity index (χ0v) is 9.92. The Balaban J connectivity index is 0.00000225. The van der Waals surface area contributed by atoms with Gasteiger partial charge in [0.15, 0.2) is 0 Å². The zero-order valence-electron chi connectivity index (χ0n) is 9.92. The number of carbonyl (C=O) groups excluding carboxylic acids is 1. The molecule has 1 amide bonds. The minimum absolute atomic E-state index is 0. The fraction of sp³-hybridized carbons (Fsp3) is 0.615. The maximum absolute atomic E-state index is 11.5. The van der Waals surface area contributed by atoms with Crippen LogP contribution in [0.1, 0.15) is 41.5 Å². The van der Waals surface area contributed by atoms with Gasteiger partial charge in [0.25, 0.3) is 0 Å². The Morgan fingerprint density at radius 2 is 2.20 bits per heavy atom. The number of allylic oxidation sites excluding steroid dienone is 2. The van der Waals surface area contributed by atoms with E-state index in [-0.39, 0.29) is 13.4 Å². The Hall–Kier alpha value is -1.05. The number of rotatable bonds is 4. The molecule has 1 unspecified atom stereocenters. The highest BCUT2D eigenvalue weighted by Gasteiger charge is 2.11. The van der Waals surface area contributed by atoms with Crippen LogP contribution in [0.2, 0.25) is 0 Å². The predicted molar refractivity (Wildman–Crippen MR) is 65.6 cm³/mol. The highest BCUT2D eigenvalue weighted by atomic mass is 16.1. The fourth-order valence-electron chi connectivity index (χ4n) is 1.71. The van der Waals surface area contributed by atoms with Gasteiger partial charge in [0, 0.05) is 7.85 Å². The van der Waals surface area contributed by atoms with Gasteiger partial charge in [-0.25, -0.2) is 0 Å². The van der Waals surface area contributed by atoms with E-state index in [2.05, 4.69) is 37.4 Å². The molecule has 86 valence electrons. The molecule has 0 spiro atoms. The van der Waals surface area contributed by atoms with Crippen molar-refractivity contribution >= 4 is 5.91 Å². The van der Waals surface area contributed by atoms with Crippen LogP contribution >= 0.6 is 0 Å². The highest BCUT2D eigenvalue weighted by molar-refractivity contribution is 5.76. The van der Waals surface area contributed by atoms with Crippen molar-refractivity contribution in [3.63, 3.8) is 0 Å². The lowest BCUT2D eigenvalue weighted by atomic mass is 10.0. The van der Waals surface area contributed by atoms with E-state index in [0.29, 0.717) is 12.3 Å². The molecule has 0 aromatic rings. The van der Waals surface area contributed by atoms with Crippen molar-refractivity contribution in [2.75, 3.05) is 0 Å². The zero-order chi connectivity index (χ0) is 11.3. The van der Waals surface area contributed by atoms with Crippen LogP contribution in [0.3, 0.4) is 0 Å². The number of amides is 1. The first-order valence-electron chi connectivity index (χ1n) is 5.75. The van der Waals surface area contributed by atoms with Gasteiger partial charge >= 0.3 is 0 Å². The van der Waals surface area contributed by atoms with E-state index in [1.54, 1.807) is 0 Å². The number of nitrogens with one attached hydrogen (secondary N) is 1. The Bertz CT molecular complexity index is 282. The van der Waals surface area contributed by atoms with Gasteiger partial charge in [-0.15, -0.1) is 0 Å². The molecule has 2 nitrogen and oxygen atoms in total. The average Bonchev–Trinajstić information content (AvgIpc) is 2.17. The molecule has 0 aromatic carbocycles. The first-order valence-corrected chi connectivity index (χ1v) is 5.75. The molecule has 1 aliphatic carbocycles. The summed E-state index contributed by atoms with van der Waals surface area (Å²) in [6, 6.07) is 0.146. The SMILES string of the molecule is CC(C)CC(=O)NC(C)C1=CCCC=C1.[HH]. The van der Waals surface area contributed by atoms with Crippen molar-refractivity contribution < 1.29 is 6.22 Å². The summed E-state index contributed by atoms with van der Waals surface area (Å²) in [7, 11) is 0. The minimum atomic E-state index is 0. The molecule has 0 radical (unpaired) electrons. The van der Waals surface area contributed by atoms with Gasteiger partial charge < -0.3 is 5.32 Å². The Morgan fingerprint density at radius 3 is 2.73 bits per heavy atom. The molecule has 1 N–H and O–H groups in total. The van der Waals surface area contributed by atoms with Crippen LogP contribution < -0.4 is 5.32 Å². The van der Waals surface area contributed by atoms with Crippen molar-refractivity contribution in [2.24, 2.45) is 5.92 Å². The van der Waals surface area contributed by atoms with E-state index < -0.39 is 0 Å². The monoisotopic (exact) mass is 209 g/mol. The first kappa shape index (κ1) is 12.0. The van der Waals surface area contributed by atoms with E-state index in [1.165, 1.54) is 5.57 Å². The largest absolute Gasteiger partial charge is 0.350 e. The molecular weight excluding hydrogens is 186 g/mol.